The summed E-state index contributed by atoms with van der Waals surface area (Å²) in [7, 11) is 0. The van der Waals surface area contributed by atoms with E-state index in [9.17, 15) is 0 Å². The molecule has 14 heavy (non-hydrogen) atoms. The second kappa shape index (κ2) is 3.97. The lowest BCUT2D eigenvalue weighted by Gasteiger charge is -1.93. The van der Waals surface area contributed by atoms with Crippen molar-refractivity contribution in [2.24, 2.45) is 0 Å². The average Bonchev–Trinajstić information content (AvgIpc) is 2.74. The fraction of sp³-hybridized carbons (Fsp3) is 0.429. The van der Waals surface area contributed by atoms with Crippen molar-refractivity contribution in [1.29, 1.82) is 0 Å². The van der Waals surface area contributed by atoms with Crippen LogP contribution in [0.25, 0.3) is 10.7 Å². The lowest BCUT2D eigenvalue weighted by molar-refractivity contribution is 0.870. The highest BCUT2D eigenvalue weighted by molar-refractivity contribution is 7.71. The molecule has 7 heteroatoms. The summed E-state index contributed by atoms with van der Waals surface area (Å²) in [5.74, 6) is 0.730. The summed E-state index contributed by atoms with van der Waals surface area (Å²) >= 11 is 6.22. The molecule has 74 valence electrons. The van der Waals surface area contributed by atoms with Gasteiger partial charge in [0.05, 0.1) is 5.69 Å². The Kier molecular flexibility index (Phi) is 2.69. The predicted octanol–water partition coefficient (Wildman–Crippen LogP) is 1.94. The van der Waals surface area contributed by atoms with Gasteiger partial charge < -0.3 is 0 Å². The third-order valence-corrected chi connectivity index (χ3v) is 2.73. The van der Waals surface area contributed by atoms with E-state index in [0.717, 1.165) is 29.2 Å². The average molecular weight is 227 g/mol. The Morgan fingerprint density at radius 1 is 1.43 bits per heavy atom. The van der Waals surface area contributed by atoms with Crippen LogP contribution < -0.4 is 0 Å². The number of aryl methyl sites for hydroxylation is 1. The van der Waals surface area contributed by atoms with E-state index < -0.39 is 0 Å². The summed E-state index contributed by atoms with van der Waals surface area (Å²) in [6.07, 6.45) is 1.96. The molecule has 0 atom stereocenters. The van der Waals surface area contributed by atoms with Gasteiger partial charge in [0.25, 0.3) is 0 Å². The second-order valence-corrected chi connectivity index (χ2v) is 3.96. The monoisotopic (exact) mass is 227 g/mol. The van der Waals surface area contributed by atoms with Gasteiger partial charge >= 0.3 is 0 Å². The summed E-state index contributed by atoms with van der Waals surface area (Å²) in [5.41, 5.74) is 0.982. The molecule has 2 heterocycles. The zero-order valence-electron chi connectivity index (χ0n) is 7.57. The second-order valence-electron chi connectivity index (χ2n) is 2.81. The molecule has 0 aliphatic heterocycles. The van der Waals surface area contributed by atoms with Gasteiger partial charge in [0, 0.05) is 0 Å². The largest absolute Gasteiger partial charge is 0.281 e. The first-order chi connectivity index (χ1) is 6.81. The number of aromatic amines is 2. The van der Waals surface area contributed by atoms with Crippen LogP contribution in [0.3, 0.4) is 0 Å². The van der Waals surface area contributed by atoms with Gasteiger partial charge in [-0.05, 0) is 30.2 Å². The van der Waals surface area contributed by atoms with Gasteiger partial charge in [-0.15, -0.1) is 5.10 Å². The number of aromatic nitrogens is 5. The maximum atomic E-state index is 4.88. The van der Waals surface area contributed by atoms with Gasteiger partial charge in [-0.2, -0.15) is 4.98 Å². The molecule has 0 fully saturated rings. The van der Waals surface area contributed by atoms with Gasteiger partial charge in [-0.25, -0.2) is 0 Å². The van der Waals surface area contributed by atoms with Crippen molar-refractivity contribution in [3.8, 4) is 10.7 Å². The van der Waals surface area contributed by atoms with E-state index in [1.54, 1.807) is 0 Å². The molecule has 2 aromatic heterocycles. The Balaban J connectivity index is 2.40. The van der Waals surface area contributed by atoms with Crippen molar-refractivity contribution in [1.82, 2.24) is 24.8 Å². The van der Waals surface area contributed by atoms with Gasteiger partial charge in [-0.3, -0.25) is 10.2 Å². The number of nitrogens with one attached hydrogen (secondary N) is 2. The zero-order chi connectivity index (χ0) is 9.97. The van der Waals surface area contributed by atoms with E-state index in [4.69, 9.17) is 12.2 Å². The highest BCUT2D eigenvalue weighted by Crippen LogP contribution is 2.22. The topological polar surface area (TPSA) is 70.2 Å². The standard InChI is InChI=1S/C7H9N5S2/c1-2-3-4-5(14-12-9-4)6-8-7(13)11-10-6/h2-3H2,1H3,(H2,8,10,11,13). The molecule has 2 aromatic rings. The minimum Gasteiger partial charge on any atom is -0.281 e. The Hall–Kier alpha value is -1.08. The quantitative estimate of drug-likeness (QED) is 0.786. The maximum absolute atomic E-state index is 4.88. The normalized spacial score (nSPS) is 10.6. The number of hydrogen-bond acceptors (Lipinski definition) is 5. The van der Waals surface area contributed by atoms with Crippen LogP contribution in [-0.4, -0.2) is 24.8 Å². The first kappa shape index (κ1) is 9.47. The van der Waals surface area contributed by atoms with E-state index in [0.29, 0.717) is 4.77 Å². The smallest absolute Gasteiger partial charge is 0.213 e. The van der Waals surface area contributed by atoms with E-state index in [-0.39, 0.29) is 0 Å². The highest BCUT2D eigenvalue weighted by Gasteiger charge is 2.11. The third kappa shape index (κ3) is 1.73. The number of H-pyrrole nitrogens is 2. The molecule has 0 bridgehead atoms. The van der Waals surface area contributed by atoms with Crippen LogP contribution in [0.15, 0.2) is 0 Å². The Morgan fingerprint density at radius 2 is 2.29 bits per heavy atom. The fourth-order valence-corrected chi connectivity index (χ4v) is 1.96. The molecule has 0 spiro atoms. The number of nitrogens with zero attached hydrogens (tertiary/aromatic N) is 3. The van der Waals surface area contributed by atoms with E-state index in [1.165, 1.54) is 11.5 Å². The SMILES string of the molecule is CCCc1nnsc1-c1nc(=S)[nH][nH]1. The van der Waals surface area contributed by atoms with Crippen molar-refractivity contribution in [2.75, 3.05) is 0 Å². The van der Waals surface area contributed by atoms with Crippen LogP contribution in [-0.2, 0) is 6.42 Å². The summed E-state index contributed by atoms with van der Waals surface area (Å²) in [6, 6.07) is 0. The predicted molar refractivity (Wildman–Crippen MR) is 56.7 cm³/mol. The molecule has 5 nitrogen and oxygen atoms in total. The number of hydrogen-bond donors (Lipinski definition) is 2. The van der Waals surface area contributed by atoms with Crippen LogP contribution in [0.1, 0.15) is 19.0 Å². The van der Waals surface area contributed by atoms with E-state index in [1.807, 2.05) is 0 Å². The van der Waals surface area contributed by atoms with E-state index in [2.05, 4.69) is 31.7 Å². The Bertz CT molecular complexity index is 468. The van der Waals surface area contributed by atoms with Crippen molar-refractivity contribution in [2.45, 2.75) is 19.8 Å². The molecule has 0 saturated carbocycles. The van der Waals surface area contributed by atoms with Crippen molar-refractivity contribution < 1.29 is 0 Å². The van der Waals surface area contributed by atoms with Crippen LogP contribution >= 0.6 is 23.8 Å². The van der Waals surface area contributed by atoms with Crippen LogP contribution in [0.2, 0.25) is 0 Å². The lowest BCUT2D eigenvalue weighted by atomic mass is 10.2. The maximum Gasteiger partial charge on any atom is 0.213 e. The highest BCUT2D eigenvalue weighted by atomic mass is 32.1. The minimum atomic E-state index is 0.454. The zero-order valence-corrected chi connectivity index (χ0v) is 9.21. The summed E-state index contributed by atoms with van der Waals surface area (Å²) < 4.78 is 4.36. The molecule has 0 aliphatic rings. The molecule has 2 N–H and O–H groups in total. The summed E-state index contributed by atoms with van der Waals surface area (Å²) in [4.78, 5) is 5.10. The van der Waals surface area contributed by atoms with Gasteiger partial charge in [0.2, 0.25) is 4.77 Å². The molecule has 0 radical (unpaired) electrons. The van der Waals surface area contributed by atoms with Crippen LogP contribution in [0.4, 0.5) is 0 Å². The van der Waals surface area contributed by atoms with Crippen molar-refractivity contribution in [3.05, 3.63) is 10.5 Å². The molecule has 0 amide bonds. The lowest BCUT2D eigenvalue weighted by Crippen LogP contribution is -1.88. The first-order valence-corrected chi connectivity index (χ1v) is 5.45. The molecule has 0 unspecified atom stereocenters. The van der Waals surface area contributed by atoms with Gasteiger partial charge in [-0.1, -0.05) is 17.8 Å². The molecule has 0 aliphatic carbocycles. The molecule has 0 saturated heterocycles. The fourth-order valence-electron chi connectivity index (χ4n) is 1.17. The Labute approximate surface area is 89.7 Å². The van der Waals surface area contributed by atoms with Gasteiger partial charge in [0.1, 0.15) is 4.88 Å². The molecular weight excluding hydrogens is 218 g/mol. The Morgan fingerprint density at radius 3 is 2.93 bits per heavy atom. The minimum absolute atomic E-state index is 0.454. The van der Waals surface area contributed by atoms with Crippen LogP contribution in [0, 0.1) is 4.77 Å². The first-order valence-electron chi connectivity index (χ1n) is 4.27. The molecule has 0 aromatic carbocycles. The number of rotatable bonds is 3. The summed E-state index contributed by atoms with van der Waals surface area (Å²) in [5, 5.41) is 9.71. The van der Waals surface area contributed by atoms with Gasteiger partial charge in [0.15, 0.2) is 5.82 Å². The third-order valence-electron chi connectivity index (χ3n) is 1.76. The van der Waals surface area contributed by atoms with Crippen molar-refractivity contribution in [3.63, 3.8) is 0 Å². The van der Waals surface area contributed by atoms with E-state index >= 15 is 0 Å². The molecular formula is C7H9N5S2. The summed E-state index contributed by atoms with van der Waals surface area (Å²) in [6.45, 7) is 2.11. The van der Waals surface area contributed by atoms with Crippen LogP contribution in [0.5, 0.6) is 0 Å². The molecule has 2 rings (SSSR count). The van der Waals surface area contributed by atoms with Crippen molar-refractivity contribution >= 4 is 23.8 Å².